The molecule has 0 saturated carbocycles. The standard InChI is InChI=1S/C12H13N5O/c1-8-11(9(2)18-16-8)7-17(3)12-6-14-10(4-13)5-15-12/h5-6H,7H2,1-3H3. The molecular formula is C12H13N5O. The van der Waals surface area contributed by atoms with Crippen LogP contribution in [0.5, 0.6) is 0 Å². The van der Waals surface area contributed by atoms with Gasteiger partial charge in [0.25, 0.3) is 0 Å². The van der Waals surface area contributed by atoms with Crippen molar-refractivity contribution in [3.8, 4) is 6.07 Å². The predicted molar refractivity (Wildman–Crippen MR) is 64.8 cm³/mol. The third-order valence-electron chi connectivity index (χ3n) is 2.72. The Morgan fingerprint density at radius 1 is 1.33 bits per heavy atom. The van der Waals surface area contributed by atoms with Crippen molar-refractivity contribution in [3.05, 3.63) is 35.1 Å². The molecule has 0 aliphatic carbocycles. The molecule has 0 aliphatic rings. The average molecular weight is 243 g/mol. The largest absolute Gasteiger partial charge is 0.361 e. The second-order valence-corrected chi connectivity index (χ2v) is 4.03. The molecule has 92 valence electrons. The van der Waals surface area contributed by atoms with Crippen LogP contribution in [0.2, 0.25) is 0 Å². The fourth-order valence-electron chi connectivity index (χ4n) is 1.62. The van der Waals surface area contributed by atoms with E-state index in [1.165, 1.54) is 6.20 Å². The first-order valence-corrected chi connectivity index (χ1v) is 5.47. The first-order chi connectivity index (χ1) is 8.61. The number of aromatic nitrogens is 3. The predicted octanol–water partition coefficient (Wildman–Crippen LogP) is 1.59. The van der Waals surface area contributed by atoms with E-state index in [0.29, 0.717) is 18.1 Å². The number of rotatable bonds is 3. The molecule has 2 aromatic rings. The van der Waals surface area contributed by atoms with Crippen LogP contribution in [-0.4, -0.2) is 22.2 Å². The van der Waals surface area contributed by atoms with Gasteiger partial charge in [-0.15, -0.1) is 0 Å². The Morgan fingerprint density at radius 2 is 2.11 bits per heavy atom. The lowest BCUT2D eigenvalue weighted by atomic mass is 10.2. The van der Waals surface area contributed by atoms with Crippen LogP contribution in [0.25, 0.3) is 0 Å². The Bertz CT molecular complexity index is 562. The molecule has 0 radical (unpaired) electrons. The van der Waals surface area contributed by atoms with E-state index in [1.54, 1.807) is 6.20 Å². The summed E-state index contributed by atoms with van der Waals surface area (Å²) < 4.78 is 5.11. The van der Waals surface area contributed by atoms with Crippen LogP contribution in [-0.2, 0) is 6.54 Å². The third kappa shape index (κ3) is 2.30. The van der Waals surface area contributed by atoms with Gasteiger partial charge >= 0.3 is 0 Å². The number of hydrogen-bond acceptors (Lipinski definition) is 6. The highest BCUT2D eigenvalue weighted by molar-refractivity contribution is 5.38. The smallest absolute Gasteiger partial charge is 0.158 e. The minimum absolute atomic E-state index is 0.310. The zero-order chi connectivity index (χ0) is 13.1. The molecule has 0 N–H and O–H groups in total. The molecule has 0 amide bonds. The van der Waals surface area contributed by atoms with E-state index in [0.717, 1.165) is 17.0 Å². The molecule has 0 aromatic carbocycles. The Balaban J connectivity index is 2.17. The Labute approximate surface area is 105 Å². The van der Waals surface area contributed by atoms with E-state index in [-0.39, 0.29) is 0 Å². The monoisotopic (exact) mass is 243 g/mol. The fourth-order valence-corrected chi connectivity index (χ4v) is 1.62. The molecule has 0 unspecified atom stereocenters. The minimum atomic E-state index is 0.310. The number of nitrogens with zero attached hydrogens (tertiary/aromatic N) is 5. The zero-order valence-electron chi connectivity index (χ0n) is 10.5. The lowest BCUT2D eigenvalue weighted by Gasteiger charge is -2.17. The van der Waals surface area contributed by atoms with Gasteiger partial charge in [-0.05, 0) is 13.8 Å². The summed E-state index contributed by atoms with van der Waals surface area (Å²) in [5.41, 5.74) is 2.23. The zero-order valence-corrected chi connectivity index (χ0v) is 10.5. The summed E-state index contributed by atoms with van der Waals surface area (Å²) in [5, 5.41) is 12.6. The van der Waals surface area contributed by atoms with Crippen LogP contribution in [0, 0.1) is 25.2 Å². The van der Waals surface area contributed by atoms with E-state index >= 15 is 0 Å². The maximum atomic E-state index is 8.66. The molecule has 0 saturated heterocycles. The normalized spacial score (nSPS) is 10.1. The van der Waals surface area contributed by atoms with Gasteiger partial charge in [0.05, 0.1) is 18.1 Å². The SMILES string of the molecule is Cc1noc(C)c1CN(C)c1cnc(C#N)cn1. The fraction of sp³-hybridized carbons (Fsp3) is 0.333. The number of nitriles is 1. The van der Waals surface area contributed by atoms with Gasteiger partial charge in [0.2, 0.25) is 0 Å². The topological polar surface area (TPSA) is 78.8 Å². The van der Waals surface area contributed by atoms with Gasteiger partial charge in [-0.2, -0.15) is 5.26 Å². The molecule has 0 spiro atoms. The van der Waals surface area contributed by atoms with Gasteiger partial charge in [0.1, 0.15) is 17.6 Å². The van der Waals surface area contributed by atoms with Gasteiger partial charge in [-0.3, -0.25) is 0 Å². The summed E-state index contributed by atoms with van der Waals surface area (Å²) in [4.78, 5) is 10.1. The van der Waals surface area contributed by atoms with Crippen molar-refractivity contribution in [3.63, 3.8) is 0 Å². The van der Waals surface area contributed by atoms with E-state index in [2.05, 4.69) is 15.1 Å². The third-order valence-corrected chi connectivity index (χ3v) is 2.72. The van der Waals surface area contributed by atoms with Gasteiger partial charge in [-0.1, -0.05) is 5.16 Å². The molecule has 2 rings (SSSR count). The lowest BCUT2D eigenvalue weighted by Crippen LogP contribution is -2.18. The number of aryl methyl sites for hydroxylation is 2. The molecule has 18 heavy (non-hydrogen) atoms. The van der Waals surface area contributed by atoms with Crippen molar-refractivity contribution >= 4 is 5.82 Å². The molecule has 0 bridgehead atoms. The minimum Gasteiger partial charge on any atom is -0.361 e. The molecule has 0 fully saturated rings. The highest BCUT2D eigenvalue weighted by Crippen LogP contribution is 2.17. The first-order valence-electron chi connectivity index (χ1n) is 5.47. The molecule has 2 aromatic heterocycles. The van der Waals surface area contributed by atoms with Crippen molar-refractivity contribution in [2.24, 2.45) is 0 Å². The number of hydrogen-bond donors (Lipinski definition) is 0. The average Bonchev–Trinajstić information content (AvgIpc) is 2.70. The maximum absolute atomic E-state index is 8.66. The van der Waals surface area contributed by atoms with Gasteiger partial charge in [0.15, 0.2) is 5.69 Å². The molecule has 2 heterocycles. The van der Waals surface area contributed by atoms with Gasteiger partial charge < -0.3 is 9.42 Å². The maximum Gasteiger partial charge on any atom is 0.158 e. The summed E-state index contributed by atoms with van der Waals surface area (Å²) in [6.07, 6.45) is 3.04. The van der Waals surface area contributed by atoms with Gasteiger partial charge in [-0.25, -0.2) is 9.97 Å². The summed E-state index contributed by atoms with van der Waals surface area (Å²) in [5.74, 6) is 1.51. The summed E-state index contributed by atoms with van der Waals surface area (Å²) in [6, 6.07) is 1.94. The lowest BCUT2D eigenvalue weighted by molar-refractivity contribution is 0.392. The van der Waals surface area contributed by atoms with E-state index in [1.807, 2.05) is 31.9 Å². The summed E-state index contributed by atoms with van der Waals surface area (Å²) in [6.45, 7) is 4.43. The number of anilines is 1. The second kappa shape index (κ2) is 4.84. The van der Waals surface area contributed by atoms with E-state index in [9.17, 15) is 0 Å². The Kier molecular flexibility index (Phi) is 3.24. The van der Waals surface area contributed by atoms with Crippen molar-refractivity contribution in [2.75, 3.05) is 11.9 Å². The van der Waals surface area contributed by atoms with Crippen molar-refractivity contribution < 1.29 is 4.52 Å². The Morgan fingerprint density at radius 3 is 2.61 bits per heavy atom. The quantitative estimate of drug-likeness (QED) is 0.814. The van der Waals surface area contributed by atoms with Crippen molar-refractivity contribution in [1.29, 1.82) is 5.26 Å². The van der Waals surface area contributed by atoms with Crippen LogP contribution in [0.3, 0.4) is 0 Å². The van der Waals surface area contributed by atoms with Crippen LogP contribution < -0.4 is 4.90 Å². The van der Waals surface area contributed by atoms with Crippen LogP contribution in [0.15, 0.2) is 16.9 Å². The van der Waals surface area contributed by atoms with Crippen molar-refractivity contribution in [2.45, 2.75) is 20.4 Å². The van der Waals surface area contributed by atoms with Crippen LogP contribution >= 0.6 is 0 Å². The van der Waals surface area contributed by atoms with Gasteiger partial charge in [0, 0.05) is 19.2 Å². The first kappa shape index (κ1) is 12.0. The Hall–Kier alpha value is -2.42. The van der Waals surface area contributed by atoms with Crippen molar-refractivity contribution in [1.82, 2.24) is 15.1 Å². The highest BCUT2D eigenvalue weighted by Gasteiger charge is 2.12. The molecule has 0 atom stereocenters. The molecule has 6 heteroatoms. The highest BCUT2D eigenvalue weighted by atomic mass is 16.5. The summed E-state index contributed by atoms with van der Waals surface area (Å²) in [7, 11) is 1.90. The second-order valence-electron chi connectivity index (χ2n) is 4.03. The van der Waals surface area contributed by atoms with Crippen LogP contribution in [0.1, 0.15) is 22.7 Å². The van der Waals surface area contributed by atoms with E-state index in [4.69, 9.17) is 9.78 Å². The molecular weight excluding hydrogens is 230 g/mol. The molecule has 6 nitrogen and oxygen atoms in total. The summed E-state index contributed by atoms with van der Waals surface area (Å²) >= 11 is 0. The molecule has 0 aliphatic heterocycles. The van der Waals surface area contributed by atoms with Crippen LogP contribution in [0.4, 0.5) is 5.82 Å². The van der Waals surface area contributed by atoms with E-state index < -0.39 is 0 Å².